The van der Waals surface area contributed by atoms with Gasteiger partial charge in [-0.1, -0.05) is 42.5 Å². The maximum atomic E-state index is 12.2. The zero-order chi connectivity index (χ0) is 15.6. The van der Waals surface area contributed by atoms with Crippen molar-refractivity contribution in [2.45, 2.75) is 0 Å². The van der Waals surface area contributed by atoms with E-state index in [1.165, 1.54) is 30.5 Å². The van der Waals surface area contributed by atoms with E-state index in [0.29, 0.717) is 3.97 Å². The van der Waals surface area contributed by atoms with Gasteiger partial charge in [-0.05, 0) is 34.5 Å². The lowest BCUT2D eigenvalue weighted by Gasteiger charge is -2.02. The third-order valence-corrected chi connectivity index (χ3v) is 4.60. The number of nitrogens with zero attached hydrogens (tertiary/aromatic N) is 1. The van der Waals surface area contributed by atoms with Crippen molar-refractivity contribution in [1.82, 2.24) is 3.97 Å². The minimum atomic E-state index is -3.82. The van der Waals surface area contributed by atoms with Crippen LogP contribution >= 0.6 is 0 Å². The quantitative estimate of drug-likeness (QED) is 0.747. The molecule has 0 radical (unpaired) electrons. The second kappa shape index (κ2) is 5.61. The molecule has 0 fully saturated rings. The van der Waals surface area contributed by atoms with E-state index in [-0.39, 0.29) is 0 Å². The zero-order valence-electron chi connectivity index (χ0n) is 11.6. The van der Waals surface area contributed by atoms with Crippen LogP contribution in [0.2, 0.25) is 0 Å². The van der Waals surface area contributed by atoms with Gasteiger partial charge in [0.05, 0.1) is 5.41 Å². The number of hydrogen-bond acceptors (Lipinski definition) is 3. The molecule has 2 aromatic carbocycles. The summed E-state index contributed by atoms with van der Waals surface area (Å²) < 4.78 is 25.0. The van der Waals surface area contributed by atoms with Crippen LogP contribution in [0.5, 0.6) is 0 Å². The molecular weight excluding hydrogens is 298 g/mol. The Kier molecular flexibility index (Phi) is 3.65. The third-order valence-electron chi connectivity index (χ3n) is 3.27. The molecule has 3 rings (SSSR count). The normalized spacial score (nSPS) is 12.0. The first-order valence-corrected chi connectivity index (χ1v) is 8.17. The second-order valence-corrected chi connectivity index (χ2v) is 6.48. The average Bonchev–Trinajstić information content (AvgIpc) is 2.53. The van der Waals surface area contributed by atoms with E-state index in [1.54, 1.807) is 0 Å². The van der Waals surface area contributed by atoms with Crippen LogP contribution in [0.4, 0.5) is 0 Å². The highest BCUT2D eigenvalue weighted by Gasteiger charge is 2.09. The fourth-order valence-electron chi connectivity index (χ4n) is 2.16. The summed E-state index contributed by atoms with van der Waals surface area (Å²) in [5, 5.41) is 3.15. The van der Waals surface area contributed by atoms with Gasteiger partial charge in [0.2, 0.25) is 0 Å². The van der Waals surface area contributed by atoms with Crippen molar-refractivity contribution in [2.75, 3.05) is 0 Å². The standard InChI is InChI=1S/C17H13NO3S/c19-17-7-3-4-11-18(17)22(20,21)12-10-14-8-9-15-5-1-2-6-16(15)13-14/h1-13H/b12-10+. The molecule has 0 atom stereocenters. The van der Waals surface area contributed by atoms with Crippen molar-refractivity contribution in [2.24, 2.45) is 0 Å². The van der Waals surface area contributed by atoms with E-state index < -0.39 is 15.6 Å². The summed E-state index contributed by atoms with van der Waals surface area (Å²) in [5.41, 5.74) is 0.178. The van der Waals surface area contributed by atoms with Gasteiger partial charge in [0.25, 0.3) is 15.6 Å². The molecule has 22 heavy (non-hydrogen) atoms. The molecule has 0 aliphatic rings. The maximum absolute atomic E-state index is 12.2. The highest BCUT2D eigenvalue weighted by atomic mass is 32.2. The van der Waals surface area contributed by atoms with Crippen molar-refractivity contribution in [3.05, 3.63) is 88.2 Å². The fraction of sp³-hybridized carbons (Fsp3) is 0. The Hall–Kier alpha value is -2.66. The van der Waals surface area contributed by atoms with Crippen molar-refractivity contribution < 1.29 is 8.42 Å². The summed E-state index contributed by atoms with van der Waals surface area (Å²) in [6.45, 7) is 0. The summed E-state index contributed by atoms with van der Waals surface area (Å²) >= 11 is 0. The van der Waals surface area contributed by atoms with Crippen LogP contribution in [0.25, 0.3) is 16.8 Å². The highest BCUT2D eigenvalue weighted by Crippen LogP contribution is 2.16. The molecule has 0 spiro atoms. The molecule has 3 aromatic rings. The molecule has 0 N–H and O–H groups in total. The Balaban J connectivity index is 1.98. The zero-order valence-corrected chi connectivity index (χ0v) is 12.4. The van der Waals surface area contributed by atoms with Crippen LogP contribution in [-0.2, 0) is 10.0 Å². The van der Waals surface area contributed by atoms with E-state index in [1.807, 2.05) is 42.5 Å². The third kappa shape index (κ3) is 2.84. The second-order valence-electron chi connectivity index (χ2n) is 4.79. The molecule has 0 aliphatic heterocycles. The Morgan fingerprint density at radius 1 is 0.864 bits per heavy atom. The number of benzene rings is 2. The van der Waals surface area contributed by atoms with Crippen LogP contribution in [-0.4, -0.2) is 12.4 Å². The van der Waals surface area contributed by atoms with Crippen molar-refractivity contribution in [1.29, 1.82) is 0 Å². The summed E-state index contributed by atoms with van der Waals surface area (Å²) in [7, 11) is -3.82. The summed E-state index contributed by atoms with van der Waals surface area (Å²) in [5.74, 6) is 0. The van der Waals surface area contributed by atoms with Gasteiger partial charge in [-0.15, -0.1) is 0 Å². The predicted octanol–water partition coefficient (Wildman–Crippen LogP) is 2.85. The van der Waals surface area contributed by atoms with Gasteiger partial charge in [-0.25, -0.2) is 12.4 Å². The van der Waals surface area contributed by atoms with Crippen molar-refractivity contribution in [3.8, 4) is 0 Å². The van der Waals surface area contributed by atoms with E-state index in [9.17, 15) is 13.2 Å². The molecule has 4 nitrogen and oxygen atoms in total. The van der Waals surface area contributed by atoms with Gasteiger partial charge in [0.1, 0.15) is 0 Å². The van der Waals surface area contributed by atoms with Crippen LogP contribution in [0, 0.1) is 0 Å². The number of pyridine rings is 1. The first kappa shape index (κ1) is 14.3. The van der Waals surface area contributed by atoms with Crippen LogP contribution in [0.15, 0.2) is 77.1 Å². The monoisotopic (exact) mass is 311 g/mol. The fourth-order valence-corrected chi connectivity index (χ4v) is 3.18. The minimum Gasteiger partial charge on any atom is -0.268 e. The minimum absolute atomic E-state index is 0.578. The Bertz CT molecular complexity index is 1020. The molecule has 0 aliphatic carbocycles. The van der Waals surface area contributed by atoms with E-state index in [2.05, 4.69) is 0 Å². The van der Waals surface area contributed by atoms with Crippen LogP contribution < -0.4 is 5.56 Å². The number of fused-ring (bicyclic) bond motifs is 1. The van der Waals surface area contributed by atoms with Gasteiger partial charge >= 0.3 is 0 Å². The molecule has 5 heteroatoms. The molecule has 0 saturated heterocycles. The molecule has 0 amide bonds. The molecular formula is C17H13NO3S. The first-order valence-electron chi connectivity index (χ1n) is 6.66. The van der Waals surface area contributed by atoms with Gasteiger partial charge in [-0.3, -0.25) is 4.79 Å². The molecule has 110 valence electrons. The Labute approximate surface area is 128 Å². The smallest absolute Gasteiger partial charge is 0.264 e. The lowest BCUT2D eigenvalue weighted by Crippen LogP contribution is -2.23. The molecule has 1 aromatic heterocycles. The first-order chi connectivity index (χ1) is 10.6. The SMILES string of the molecule is O=c1ccccn1S(=O)(=O)/C=C/c1ccc2ccccc2c1. The Morgan fingerprint density at radius 3 is 2.36 bits per heavy atom. The van der Waals surface area contributed by atoms with E-state index in [0.717, 1.165) is 21.7 Å². The lowest BCUT2D eigenvalue weighted by atomic mass is 10.1. The largest absolute Gasteiger partial charge is 0.268 e. The summed E-state index contributed by atoms with van der Waals surface area (Å²) in [6.07, 6.45) is 2.73. The Morgan fingerprint density at radius 2 is 1.59 bits per heavy atom. The van der Waals surface area contributed by atoms with Gasteiger partial charge < -0.3 is 0 Å². The molecule has 1 heterocycles. The van der Waals surface area contributed by atoms with Crippen LogP contribution in [0.3, 0.4) is 0 Å². The molecule has 0 unspecified atom stereocenters. The van der Waals surface area contributed by atoms with Crippen molar-refractivity contribution in [3.63, 3.8) is 0 Å². The maximum Gasteiger partial charge on any atom is 0.264 e. The lowest BCUT2D eigenvalue weighted by molar-refractivity contribution is 0.594. The number of hydrogen-bond donors (Lipinski definition) is 0. The number of rotatable bonds is 3. The summed E-state index contributed by atoms with van der Waals surface area (Å²) in [4.78, 5) is 11.6. The van der Waals surface area contributed by atoms with Crippen molar-refractivity contribution >= 4 is 26.9 Å². The highest BCUT2D eigenvalue weighted by molar-refractivity contribution is 7.92. The summed E-state index contributed by atoms with van der Waals surface area (Å²) in [6, 6.07) is 17.7. The van der Waals surface area contributed by atoms with E-state index >= 15 is 0 Å². The van der Waals surface area contributed by atoms with Crippen LogP contribution in [0.1, 0.15) is 5.56 Å². The van der Waals surface area contributed by atoms with Gasteiger partial charge in [0.15, 0.2) is 0 Å². The van der Waals surface area contributed by atoms with E-state index in [4.69, 9.17) is 0 Å². The van der Waals surface area contributed by atoms with Gasteiger partial charge in [0, 0.05) is 12.3 Å². The topological polar surface area (TPSA) is 56.1 Å². The molecule has 0 saturated carbocycles. The molecule has 0 bridgehead atoms. The number of aromatic nitrogens is 1. The predicted molar refractivity (Wildman–Crippen MR) is 88.0 cm³/mol. The van der Waals surface area contributed by atoms with Gasteiger partial charge in [-0.2, -0.15) is 0 Å². The average molecular weight is 311 g/mol.